The number of anilines is 1. The van der Waals surface area contributed by atoms with Gasteiger partial charge in [-0.05, 0) is 56.5 Å². The quantitative estimate of drug-likeness (QED) is 0.788. The Labute approximate surface area is 159 Å². The van der Waals surface area contributed by atoms with Crippen molar-refractivity contribution in [3.05, 3.63) is 53.6 Å². The summed E-state index contributed by atoms with van der Waals surface area (Å²) in [6.07, 6.45) is 0.896. The maximum atomic E-state index is 12.7. The van der Waals surface area contributed by atoms with Gasteiger partial charge in [0.05, 0.1) is 10.6 Å². The summed E-state index contributed by atoms with van der Waals surface area (Å²) in [4.78, 5) is 12.8. The number of nitrogens with one attached hydrogen (secondary N) is 1. The van der Waals surface area contributed by atoms with Crippen LogP contribution in [0.1, 0.15) is 24.0 Å². The Morgan fingerprint density at radius 3 is 2.26 bits per heavy atom. The first-order valence-corrected chi connectivity index (χ1v) is 10.4. The van der Waals surface area contributed by atoms with Gasteiger partial charge in [-0.1, -0.05) is 23.8 Å². The minimum atomic E-state index is -3.54. The fourth-order valence-electron chi connectivity index (χ4n) is 3.20. The number of carbonyl (C=O) groups is 1. The normalized spacial score (nSPS) is 16.2. The van der Waals surface area contributed by atoms with Crippen molar-refractivity contribution >= 4 is 21.6 Å². The fraction of sp³-hybridized carbons (Fsp3) is 0.350. The fourth-order valence-corrected chi connectivity index (χ4v) is 4.67. The van der Waals surface area contributed by atoms with Crippen LogP contribution in [-0.2, 0) is 14.8 Å². The van der Waals surface area contributed by atoms with Crippen LogP contribution in [-0.4, -0.2) is 36.8 Å². The average Bonchev–Trinajstić information content (AvgIpc) is 2.65. The molecule has 0 atom stereocenters. The zero-order valence-electron chi connectivity index (χ0n) is 15.5. The summed E-state index contributed by atoms with van der Waals surface area (Å²) < 4.78 is 26.9. The van der Waals surface area contributed by atoms with Crippen molar-refractivity contribution in [2.24, 2.45) is 5.92 Å². The van der Waals surface area contributed by atoms with Crippen LogP contribution < -0.4 is 5.32 Å². The molecule has 1 aliphatic rings. The van der Waals surface area contributed by atoms with Gasteiger partial charge in [-0.2, -0.15) is 4.31 Å². The van der Waals surface area contributed by atoms with Crippen molar-refractivity contribution in [3.63, 3.8) is 0 Å². The first kappa shape index (κ1) is 19.4. The lowest BCUT2D eigenvalue weighted by Gasteiger charge is -2.30. The number of benzene rings is 2. The SMILES string of the molecule is Cc1ccc(S(=O)(=O)N2CCC(C(=O)Nc3cc(C)ccc3O)CC2)cc1. The number of aromatic hydroxyl groups is 1. The molecule has 1 amide bonds. The van der Waals surface area contributed by atoms with Crippen LogP contribution in [0.4, 0.5) is 5.69 Å². The maximum absolute atomic E-state index is 12.7. The lowest BCUT2D eigenvalue weighted by Crippen LogP contribution is -2.41. The van der Waals surface area contributed by atoms with E-state index in [0.717, 1.165) is 11.1 Å². The van der Waals surface area contributed by atoms with E-state index in [4.69, 9.17) is 0 Å². The number of hydrogen-bond acceptors (Lipinski definition) is 4. The molecular formula is C20H24N2O4S. The van der Waals surface area contributed by atoms with Crippen LogP contribution in [0.15, 0.2) is 47.4 Å². The number of rotatable bonds is 4. The van der Waals surface area contributed by atoms with Crippen LogP contribution in [0.5, 0.6) is 5.75 Å². The van der Waals surface area contributed by atoms with Crippen LogP contribution in [0.2, 0.25) is 0 Å². The highest BCUT2D eigenvalue weighted by atomic mass is 32.2. The van der Waals surface area contributed by atoms with Gasteiger partial charge in [0.15, 0.2) is 0 Å². The van der Waals surface area contributed by atoms with Crippen molar-refractivity contribution in [2.75, 3.05) is 18.4 Å². The van der Waals surface area contributed by atoms with Gasteiger partial charge < -0.3 is 10.4 Å². The van der Waals surface area contributed by atoms with E-state index in [9.17, 15) is 18.3 Å². The second-order valence-corrected chi connectivity index (χ2v) is 8.94. The Morgan fingerprint density at radius 2 is 1.63 bits per heavy atom. The molecule has 1 aliphatic heterocycles. The number of carbonyl (C=O) groups excluding carboxylic acids is 1. The molecule has 1 saturated heterocycles. The third-order valence-electron chi connectivity index (χ3n) is 4.89. The number of phenols is 1. The molecule has 0 radical (unpaired) electrons. The predicted molar refractivity (Wildman–Crippen MR) is 104 cm³/mol. The third-order valence-corrected chi connectivity index (χ3v) is 6.81. The zero-order chi connectivity index (χ0) is 19.6. The second kappa shape index (κ2) is 7.70. The van der Waals surface area contributed by atoms with Gasteiger partial charge in [-0.25, -0.2) is 8.42 Å². The van der Waals surface area contributed by atoms with Gasteiger partial charge >= 0.3 is 0 Å². The van der Waals surface area contributed by atoms with Gasteiger partial charge in [-0.3, -0.25) is 4.79 Å². The van der Waals surface area contributed by atoms with Crippen LogP contribution in [0.3, 0.4) is 0 Å². The zero-order valence-corrected chi connectivity index (χ0v) is 16.3. The molecule has 144 valence electrons. The van der Waals surface area contributed by atoms with E-state index in [2.05, 4.69) is 5.32 Å². The van der Waals surface area contributed by atoms with Gasteiger partial charge in [0, 0.05) is 19.0 Å². The van der Waals surface area contributed by atoms with Crippen LogP contribution >= 0.6 is 0 Å². The van der Waals surface area contributed by atoms with E-state index >= 15 is 0 Å². The molecule has 3 rings (SSSR count). The Balaban J connectivity index is 1.63. The first-order chi connectivity index (χ1) is 12.8. The molecule has 7 heteroatoms. The molecule has 0 bridgehead atoms. The van der Waals surface area contributed by atoms with E-state index < -0.39 is 10.0 Å². The number of piperidine rings is 1. The molecule has 2 aromatic rings. The van der Waals surface area contributed by atoms with Crippen molar-refractivity contribution < 1.29 is 18.3 Å². The molecule has 0 aromatic heterocycles. The largest absolute Gasteiger partial charge is 0.506 e. The molecule has 27 heavy (non-hydrogen) atoms. The smallest absolute Gasteiger partial charge is 0.243 e. The maximum Gasteiger partial charge on any atom is 0.243 e. The first-order valence-electron chi connectivity index (χ1n) is 8.94. The second-order valence-electron chi connectivity index (χ2n) is 7.00. The number of aryl methyl sites for hydroxylation is 2. The molecule has 2 N–H and O–H groups in total. The Bertz CT molecular complexity index is 931. The number of sulfonamides is 1. The molecular weight excluding hydrogens is 364 g/mol. The summed E-state index contributed by atoms with van der Waals surface area (Å²) in [7, 11) is -3.54. The molecule has 1 heterocycles. The Morgan fingerprint density at radius 1 is 1.04 bits per heavy atom. The molecule has 1 fully saturated rings. The molecule has 6 nitrogen and oxygen atoms in total. The van der Waals surface area contributed by atoms with E-state index in [-0.39, 0.29) is 22.5 Å². The summed E-state index contributed by atoms with van der Waals surface area (Å²) in [5.41, 5.74) is 2.32. The molecule has 0 unspecified atom stereocenters. The number of phenolic OH excluding ortho intramolecular Hbond substituents is 1. The van der Waals surface area contributed by atoms with Crippen LogP contribution in [0, 0.1) is 19.8 Å². The number of hydrogen-bond donors (Lipinski definition) is 2. The lowest BCUT2D eigenvalue weighted by molar-refractivity contribution is -0.120. The number of amides is 1. The standard InChI is InChI=1S/C20H24N2O4S/c1-14-3-6-17(7-4-14)27(25,26)22-11-9-16(10-12-22)20(24)21-18-13-15(2)5-8-19(18)23/h3-8,13,16,23H,9-12H2,1-2H3,(H,21,24). The highest BCUT2D eigenvalue weighted by Gasteiger charge is 2.32. The van der Waals surface area contributed by atoms with Crippen molar-refractivity contribution in [3.8, 4) is 5.75 Å². The minimum absolute atomic E-state index is 0.0216. The van der Waals surface area contributed by atoms with E-state index in [1.165, 1.54) is 4.31 Å². The summed E-state index contributed by atoms with van der Waals surface area (Å²) in [5.74, 6) is -0.453. The molecule has 0 saturated carbocycles. The number of nitrogens with zero attached hydrogens (tertiary/aromatic N) is 1. The van der Waals surface area contributed by atoms with Gasteiger partial charge in [0.25, 0.3) is 0 Å². The highest BCUT2D eigenvalue weighted by Crippen LogP contribution is 2.28. The lowest BCUT2D eigenvalue weighted by atomic mass is 9.97. The summed E-state index contributed by atoms with van der Waals surface area (Å²) in [6, 6.07) is 11.8. The molecule has 0 spiro atoms. The van der Waals surface area contributed by atoms with E-state index in [0.29, 0.717) is 31.6 Å². The summed E-state index contributed by atoms with van der Waals surface area (Å²) >= 11 is 0. The van der Waals surface area contributed by atoms with Gasteiger partial charge in [0.2, 0.25) is 15.9 Å². The van der Waals surface area contributed by atoms with E-state index in [1.807, 2.05) is 13.8 Å². The van der Waals surface area contributed by atoms with Crippen molar-refractivity contribution in [2.45, 2.75) is 31.6 Å². The van der Waals surface area contributed by atoms with Crippen molar-refractivity contribution in [1.82, 2.24) is 4.31 Å². The van der Waals surface area contributed by atoms with Crippen molar-refractivity contribution in [1.29, 1.82) is 0 Å². The topological polar surface area (TPSA) is 86.7 Å². The monoisotopic (exact) mass is 388 g/mol. The van der Waals surface area contributed by atoms with Gasteiger partial charge in [0.1, 0.15) is 5.75 Å². The molecule has 2 aromatic carbocycles. The van der Waals surface area contributed by atoms with E-state index in [1.54, 1.807) is 42.5 Å². The summed E-state index contributed by atoms with van der Waals surface area (Å²) in [5, 5.41) is 12.6. The third kappa shape index (κ3) is 4.31. The summed E-state index contributed by atoms with van der Waals surface area (Å²) in [6.45, 7) is 4.39. The Kier molecular flexibility index (Phi) is 5.53. The van der Waals surface area contributed by atoms with Crippen LogP contribution in [0.25, 0.3) is 0 Å². The Hall–Kier alpha value is -2.38. The molecule has 0 aliphatic carbocycles. The average molecular weight is 388 g/mol. The van der Waals surface area contributed by atoms with Gasteiger partial charge in [-0.15, -0.1) is 0 Å². The predicted octanol–water partition coefficient (Wildman–Crippen LogP) is 3.05. The minimum Gasteiger partial charge on any atom is -0.506 e. The highest BCUT2D eigenvalue weighted by molar-refractivity contribution is 7.89.